The molecule has 0 atom stereocenters. The molecular weight excluding hydrogens is 390 g/mol. The zero-order chi connectivity index (χ0) is 19.5. The summed E-state index contributed by atoms with van der Waals surface area (Å²) in [4.78, 5) is 40.6. The fourth-order valence-corrected chi connectivity index (χ4v) is 3.73. The van der Waals surface area contributed by atoms with E-state index in [1.807, 2.05) is 47.4 Å². The Balaban J connectivity index is 0.00000240. The van der Waals surface area contributed by atoms with Crippen molar-refractivity contribution in [2.24, 2.45) is 0 Å². The summed E-state index contributed by atoms with van der Waals surface area (Å²) in [5.41, 5.74) is 3.19. The second kappa shape index (κ2) is 9.20. The maximum Gasteiger partial charge on any atom is 0.253 e. The predicted molar refractivity (Wildman–Crippen MR) is 114 cm³/mol. The molecule has 2 aliphatic rings. The van der Waals surface area contributed by atoms with Crippen LogP contribution < -0.4 is 5.32 Å². The number of anilines is 1. The molecule has 2 aromatic rings. The van der Waals surface area contributed by atoms with Gasteiger partial charge in [-0.1, -0.05) is 30.3 Å². The summed E-state index contributed by atoms with van der Waals surface area (Å²) in [5, 5.41) is 2.84. The number of carbonyl (C=O) groups excluding carboxylic acids is 3. The van der Waals surface area contributed by atoms with E-state index in [0.29, 0.717) is 51.1 Å². The smallest absolute Gasteiger partial charge is 0.253 e. The van der Waals surface area contributed by atoms with E-state index in [0.717, 1.165) is 16.8 Å². The van der Waals surface area contributed by atoms with Crippen LogP contribution in [0.5, 0.6) is 0 Å². The summed E-state index contributed by atoms with van der Waals surface area (Å²) in [7, 11) is 0. The maximum absolute atomic E-state index is 12.9. The van der Waals surface area contributed by atoms with Crippen molar-refractivity contribution in [3.8, 4) is 0 Å². The average Bonchev–Trinajstić information content (AvgIpc) is 2.74. The largest absolute Gasteiger partial charge is 0.336 e. The van der Waals surface area contributed by atoms with Gasteiger partial charge in [0, 0.05) is 49.4 Å². The molecule has 1 N–H and O–H groups in total. The molecule has 0 aromatic heterocycles. The molecular formula is C22H24ClN3O3. The van der Waals surface area contributed by atoms with Crippen molar-refractivity contribution < 1.29 is 14.4 Å². The molecule has 152 valence electrons. The minimum atomic E-state index is 0. The number of nitrogens with one attached hydrogen (secondary N) is 1. The number of fused-ring (bicyclic) bond motifs is 1. The molecule has 29 heavy (non-hydrogen) atoms. The highest BCUT2D eigenvalue weighted by molar-refractivity contribution is 5.98. The highest BCUT2D eigenvalue weighted by Crippen LogP contribution is 2.24. The highest BCUT2D eigenvalue weighted by Gasteiger charge is 2.24. The monoisotopic (exact) mass is 413 g/mol. The zero-order valence-electron chi connectivity index (χ0n) is 16.1. The van der Waals surface area contributed by atoms with Gasteiger partial charge in [0.2, 0.25) is 5.91 Å². The van der Waals surface area contributed by atoms with Crippen LogP contribution in [-0.2, 0) is 11.2 Å². The maximum atomic E-state index is 12.9. The van der Waals surface area contributed by atoms with Crippen LogP contribution in [0.25, 0.3) is 0 Å². The lowest BCUT2D eigenvalue weighted by atomic mass is 10.00. The van der Waals surface area contributed by atoms with Gasteiger partial charge in [-0.15, -0.1) is 12.4 Å². The van der Waals surface area contributed by atoms with Crippen LogP contribution in [-0.4, -0.2) is 60.1 Å². The first-order valence-corrected chi connectivity index (χ1v) is 9.63. The first-order valence-electron chi connectivity index (χ1n) is 9.63. The molecule has 2 heterocycles. The van der Waals surface area contributed by atoms with Crippen LogP contribution in [0.4, 0.5) is 5.69 Å². The van der Waals surface area contributed by atoms with Gasteiger partial charge in [0.05, 0.1) is 6.54 Å². The Morgan fingerprint density at radius 2 is 1.62 bits per heavy atom. The summed E-state index contributed by atoms with van der Waals surface area (Å²) >= 11 is 0. The van der Waals surface area contributed by atoms with Crippen LogP contribution in [0.2, 0.25) is 0 Å². The van der Waals surface area contributed by atoms with Crippen molar-refractivity contribution >= 4 is 35.7 Å². The van der Waals surface area contributed by atoms with Gasteiger partial charge in [-0.25, -0.2) is 0 Å². The number of piperazine rings is 1. The van der Waals surface area contributed by atoms with Gasteiger partial charge in [-0.2, -0.15) is 0 Å². The number of ketones is 1. The molecule has 2 aromatic carbocycles. The van der Waals surface area contributed by atoms with Gasteiger partial charge in [0.15, 0.2) is 5.78 Å². The van der Waals surface area contributed by atoms with Crippen LogP contribution in [0.1, 0.15) is 32.7 Å². The minimum Gasteiger partial charge on any atom is -0.336 e. The van der Waals surface area contributed by atoms with Gasteiger partial charge in [-0.3, -0.25) is 19.3 Å². The molecule has 4 rings (SSSR count). The molecule has 6 nitrogen and oxygen atoms in total. The van der Waals surface area contributed by atoms with Crippen molar-refractivity contribution in [1.82, 2.24) is 9.80 Å². The molecule has 0 aliphatic carbocycles. The van der Waals surface area contributed by atoms with Gasteiger partial charge in [0.1, 0.15) is 0 Å². The molecule has 0 radical (unpaired) electrons. The second-order valence-electron chi connectivity index (χ2n) is 7.28. The fraction of sp³-hybridized carbons (Fsp3) is 0.318. The second-order valence-corrected chi connectivity index (χ2v) is 7.28. The van der Waals surface area contributed by atoms with E-state index >= 15 is 0 Å². The van der Waals surface area contributed by atoms with E-state index < -0.39 is 0 Å². The van der Waals surface area contributed by atoms with Gasteiger partial charge in [-0.05, 0) is 30.2 Å². The quantitative estimate of drug-likeness (QED) is 0.782. The van der Waals surface area contributed by atoms with E-state index in [4.69, 9.17) is 0 Å². The predicted octanol–water partition coefficient (Wildman–Crippen LogP) is 2.63. The number of carbonyl (C=O) groups is 3. The minimum absolute atomic E-state index is 0. The number of hydrogen-bond donors (Lipinski definition) is 1. The molecule has 0 bridgehead atoms. The molecule has 1 saturated heterocycles. The first kappa shape index (κ1) is 21.0. The molecule has 2 aliphatic heterocycles. The topological polar surface area (TPSA) is 69.7 Å². The Bertz CT molecular complexity index is 909. The van der Waals surface area contributed by atoms with E-state index in [9.17, 15) is 14.4 Å². The summed E-state index contributed by atoms with van der Waals surface area (Å²) in [5.74, 6) is 0.138. The number of rotatable bonds is 4. The summed E-state index contributed by atoms with van der Waals surface area (Å²) in [6, 6.07) is 14.8. The number of benzene rings is 2. The van der Waals surface area contributed by atoms with E-state index in [2.05, 4.69) is 10.2 Å². The van der Waals surface area contributed by atoms with E-state index in [1.54, 1.807) is 6.07 Å². The lowest BCUT2D eigenvalue weighted by Crippen LogP contribution is -2.49. The lowest BCUT2D eigenvalue weighted by Gasteiger charge is -2.34. The summed E-state index contributed by atoms with van der Waals surface area (Å²) in [6.45, 7) is 2.96. The molecule has 0 spiro atoms. The SMILES string of the molecule is Cl.O=C1CCc2cc(C(=O)N3CCN(CC(=O)c4ccccc4)CC3)ccc2N1. The Morgan fingerprint density at radius 1 is 0.897 bits per heavy atom. The van der Waals surface area contributed by atoms with Crippen molar-refractivity contribution in [3.63, 3.8) is 0 Å². The van der Waals surface area contributed by atoms with Crippen LogP contribution in [0, 0.1) is 0 Å². The third kappa shape index (κ3) is 4.83. The number of halogens is 1. The summed E-state index contributed by atoms with van der Waals surface area (Å²) < 4.78 is 0. The number of amides is 2. The zero-order valence-corrected chi connectivity index (χ0v) is 16.9. The van der Waals surface area contributed by atoms with E-state index in [-0.39, 0.29) is 30.0 Å². The Morgan fingerprint density at radius 3 is 2.34 bits per heavy atom. The fourth-order valence-electron chi connectivity index (χ4n) is 3.73. The van der Waals surface area contributed by atoms with Crippen LogP contribution in [0.3, 0.4) is 0 Å². The standard InChI is InChI=1S/C22H23N3O3.ClH/c26-20(16-4-2-1-3-5-16)15-24-10-12-25(13-11-24)22(28)18-6-8-19-17(14-18)7-9-21(27)23-19;/h1-6,8,14H,7,9-13,15H2,(H,23,27);1H. The van der Waals surface area contributed by atoms with Crippen LogP contribution in [0.15, 0.2) is 48.5 Å². The number of Topliss-reactive ketones (excluding diaryl/α,β-unsaturated/α-hetero) is 1. The summed E-state index contributed by atoms with van der Waals surface area (Å²) in [6.07, 6.45) is 1.12. The first-order chi connectivity index (χ1) is 13.6. The van der Waals surface area contributed by atoms with Gasteiger partial charge in [0.25, 0.3) is 5.91 Å². The van der Waals surface area contributed by atoms with Crippen LogP contribution >= 0.6 is 12.4 Å². The Labute approximate surface area is 176 Å². The van der Waals surface area contributed by atoms with Gasteiger partial charge < -0.3 is 10.2 Å². The molecule has 0 unspecified atom stereocenters. The molecule has 2 amide bonds. The third-order valence-corrected chi connectivity index (χ3v) is 5.37. The highest BCUT2D eigenvalue weighted by atomic mass is 35.5. The average molecular weight is 414 g/mol. The van der Waals surface area contributed by atoms with Crippen molar-refractivity contribution in [2.75, 3.05) is 38.0 Å². The van der Waals surface area contributed by atoms with Gasteiger partial charge >= 0.3 is 0 Å². The number of aryl methyl sites for hydroxylation is 1. The molecule has 7 heteroatoms. The van der Waals surface area contributed by atoms with Crippen molar-refractivity contribution in [1.29, 1.82) is 0 Å². The Hall–Kier alpha value is -2.70. The number of nitrogens with zero attached hydrogens (tertiary/aromatic N) is 2. The lowest BCUT2D eigenvalue weighted by molar-refractivity contribution is -0.116. The molecule has 1 fully saturated rings. The molecule has 0 saturated carbocycles. The van der Waals surface area contributed by atoms with Crippen molar-refractivity contribution in [2.45, 2.75) is 12.8 Å². The normalized spacial score (nSPS) is 16.4. The van der Waals surface area contributed by atoms with E-state index in [1.165, 1.54) is 0 Å². The Kier molecular flexibility index (Phi) is 6.67. The van der Waals surface area contributed by atoms with Crippen molar-refractivity contribution in [3.05, 3.63) is 65.2 Å². The third-order valence-electron chi connectivity index (χ3n) is 5.37. The number of hydrogen-bond acceptors (Lipinski definition) is 4.